The molecule has 0 aliphatic carbocycles. The zero-order valence-electron chi connectivity index (χ0n) is 13.4. The predicted molar refractivity (Wildman–Crippen MR) is 94.6 cm³/mol. The molecule has 24 heavy (non-hydrogen) atoms. The van der Waals surface area contributed by atoms with Gasteiger partial charge in [0.1, 0.15) is 30.0 Å². The molecule has 1 heterocycles. The van der Waals surface area contributed by atoms with Crippen molar-refractivity contribution >= 4 is 0 Å². The van der Waals surface area contributed by atoms with Gasteiger partial charge in [-0.15, -0.1) is 0 Å². The molecule has 1 unspecified atom stereocenters. The zero-order chi connectivity index (χ0) is 16.5. The maximum absolute atomic E-state index is 5.58. The maximum Gasteiger partial charge on any atom is 0.127 e. The molecule has 0 bridgehead atoms. The number of hydrogen-bond donors (Lipinski definition) is 0. The molecule has 0 radical (unpaired) electrons. The second kappa shape index (κ2) is 8.75. The number of rotatable bonds is 5. The highest BCUT2D eigenvalue weighted by molar-refractivity contribution is 5.30. The Kier molecular flexibility index (Phi) is 5.87. The SMILES string of the molecule is c1ccc(OCC2CO2)cc1.c1ccc(Oc2ccccc2)cc1. The monoisotopic (exact) mass is 320 g/mol. The third-order valence-corrected chi connectivity index (χ3v) is 3.30. The van der Waals surface area contributed by atoms with Gasteiger partial charge in [-0.05, 0) is 36.4 Å². The molecule has 3 nitrogen and oxygen atoms in total. The normalized spacial score (nSPS) is 14.9. The van der Waals surface area contributed by atoms with Crippen molar-refractivity contribution in [2.24, 2.45) is 0 Å². The highest BCUT2D eigenvalue weighted by atomic mass is 16.6. The minimum Gasteiger partial charge on any atom is -0.491 e. The quantitative estimate of drug-likeness (QED) is 0.624. The van der Waals surface area contributed by atoms with Gasteiger partial charge >= 0.3 is 0 Å². The van der Waals surface area contributed by atoms with Crippen molar-refractivity contribution in [1.82, 2.24) is 0 Å². The van der Waals surface area contributed by atoms with Gasteiger partial charge in [0.2, 0.25) is 0 Å². The Morgan fingerprint density at radius 2 is 1.08 bits per heavy atom. The van der Waals surface area contributed by atoms with Crippen LogP contribution >= 0.6 is 0 Å². The summed E-state index contributed by atoms with van der Waals surface area (Å²) in [5.41, 5.74) is 0. The molecule has 0 N–H and O–H groups in total. The summed E-state index contributed by atoms with van der Waals surface area (Å²) >= 11 is 0. The fraction of sp³-hybridized carbons (Fsp3) is 0.143. The summed E-state index contributed by atoms with van der Waals surface area (Å²) in [6.07, 6.45) is 0.343. The second-order valence-electron chi connectivity index (χ2n) is 5.31. The van der Waals surface area contributed by atoms with Gasteiger partial charge in [0.25, 0.3) is 0 Å². The molecule has 3 aromatic rings. The molecule has 1 fully saturated rings. The molecular weight excluding hydrogens is 300 g/mol. The van der Waals surface area contributed by atoms with Gasteiger partial charge in [-0.3, -0.25) is 0 Å². The van der Waals surface area contributed by atoms with E-state index in [4.69, 9.17) is 14.2 Å². The Morgan fingerprint density at radius 3 is 1.50 bits per heavy atom. The van der Waals surface area contributed by atoms with E-state index in [1.807, 2.05) is 91.0 Å². The van der Waals surface area contributed by atoms with E-state index < -0.39 is 0 Å². The van der Waals surface area contributed by atoms with Crippen LogP contribution in [0.5, 0.6) is 17.2 Å². The first-order valence-electron chi connectivity index (χ1n) is 7.97. The molecule has 1 aliphatic rings. The topological polar surface area (TPSA) is 31.0 Å². The van der Waals surface area contributed by atoms with E-state index in [0.29, 0.717) is 12.7 Å². The molecule has 4 rings (SSSR count). The van der Waals surface area contributed by atoms with Gasteiger partial charge < -0.3 is 14.2 Å². The van der Waals surface area contributed by atoms with Crippen LogP contribution in [-0.2, 0) is 4.74 Å². The van der Waals surface area contributed by atoms with E-state index in [-0.39, 0.29) is 0 Å². The van der Waals surface area contributed by atoms with Crippen LogP contribution < -0.4 is 9.47 Å². The first kappa shape index (κ1) is 16.1. The van der Waals surface area contributed by atoms with Crippen LogP contribution in [0.4, 0.5) is 0 Å². The minimum atomic E-state index is 0.343. The Morgan fingerprint density at radius 1 is 0.667 bits per heavy atom. The standard InChI is InChI=1S/C12H10O.C9H10O2/c1-3-7-11(8-4-1)13-12-9-5-2-6-10-12;1-2-4-8(5-3-1)10-6-9-7-11-9/h1-10H;1-5,9H,6-7H2. The van der Waals surface area contributed by atoms with Crippen molar-refractivity contribution in [2.75, 3.05) is 13.2 Å². The fourth-order valence-corrected chi connectivity index (χ4v) is 1.98. The fourth-order valence-electron chi connectivity index (χ4n) is 1.98. The summed E-state index contributed by atoms with van der Waals surface area (Å²) in [7, 11) is 0. The van der Waals surface area contributed by atoms with Crippen LogP contribution in [0.15, 0.2) is 91.0 Å². The van der Waals surface area contributed by atoms with Crippen molar-refractivity contribution < 1.29 is 14.2 Å². The average Bonchev–Trinajstić information content (AvgIpc) is 3.48. The predicted octanol–water partition coefficient (Wildman–Crippen LogP) is 4.94. The Bertz CT molecular complexity index is 657. The van der Waals surface area contributed by atoms with Gasteiger partial charge in [-0.2, -0.15) is 0 Å². The number of hydrogen-bond acceptors (Lipinski definition) is 3. The molecule has 1 saturated heterocycles. The summed E-state index contributed by atoms with van der Waals surface area (Å²) in [4.78, 5) is 0. The van der Waals surface area contributed by atoms with E-state index in [9.17, 15) is 0 Å². The lowest BCUT2D eigenvalue weighted by Crippen LogP contribution is -2.03. The summed E-state index contributed by atoms with van der Waals surface area (Å²) in [5, 5.41) is 0. The molecule has 0 spiro atoms. The molecule has 122 valence electrons. The van der Waals surface area contributed by atoms with E-state index in [1.54, 1.807) is 0 Å². The summed E-state index contributed by atoms with van der Waals surface area (Å²) in [6.45, 7) is 1.54. The van der Waals surface area contributed by atoms with E-state index >= 15 is 0 Å². The first-order chi connectivity index (χ1) is 11.9. The van der Waals surface area contributed by atoms with Gasteiger partial charge in [-0.1, -0.05) is 54.6 Å². The molecule has 1 atom stereocenters. The molecule has 0 aromatic heterocycles. The molecule has 0 saturated carbocycles. The van der Waals surface area contributed by atoms with Crippen LogP contribution in [0, 0.1) is 0 Å². The van der Waals surface area contributed by atoms with Crippen LogP contribution in [0.25, 0.3) is 0 Å². The van der Waals surface area contributed by atoms with Gasteiger partial charge in [-0.25, -0.2) is 0 Å². The van der Waals surface area contributed by atoms with Crippen molar-refractivity contribution in [3.63, 3.8) is 0 Å². The van der Waals surface area contributed by atoms with Gasteiger partial charge in [0.05, 0.1) is 6.61 Å². The third-order valence-electron chi connectivity index (χ3n) is 3.30. The van der Waals surface area contributed by atoms with E-state index in [0.717, 1.165) is 23.9 Å². The van der Waals surface area contributed by atoms with Gasteiger partial charge in [0, 0.05) is 0 Å². The lowest BCUT2D eigenvalue weighted by Gasteiger charge is -2.03. The van der Waals surface area contributed by atoms with Crippen LogP contribution in [0.2, 0.25) is 0 Å². The van der Waals surface area contributed by atoms with Crippen molar-refractivity contribution in [1.29, 1.82) is 0 Å². The lowest BCUT2D eigenvalue weighted by atomic mass is 10.3. The Hall–Kier alpha value is -2.78. The lowest BCUT2D eigenvalue weighted by molar-refractivity contribution is 0.263. The first-order valence-corrected chi connectivity index (χ1v) is 7.97. The second-order valence-corrected chi connectivity index (χ2v) is 5.31. The highest BCUT2D eigenvalue weighted by Crippen LogP contribution is 2.19. The van der Waals surface area contributed by atoms with Crippen molar-refractivity contribution in [3.05, 3.63) is 91.0 Å². The summed E-state index contributed by atoms with van der Waals surface area (Å²) < 4.78 is 16.0. The van der Waals surface area contributed by atoms with Crippen molar-refractivity contribution in [3.8, 4) is 17.2 Å². The molecule has 1 aliphatic heterocycles. The highest BCUT2D eigenvalue weighted by Gasteiger charge is 2.22. The summed E-state index contributed by atoms with van der Waals surface area (Å²) in [5.74, 6) is 2.66. The largest absolute Gasteiger partial charge is 0.491 e. The smallest absolute Gasteiger partial charge is 0.127 e. The molecule has 3 aromatic carbocycles. The Balaban J connectivity index is 0.000000143. The van der Waals surface area contributed by atoms with E-state index in [1.165, 1.54) is 0 Å². The molecular formula is C21H20O3. The number of para-hydroxylation sites is 3. The molecule has 0 amide bonds. The number of benzene rings is 3. The number of ether oxygens (including phenoxy) is 3. The van der Waals surface area contributed by atoms with Gasteiger partial charge in [0.15, 0.2) is 0 Å². The minimum absolute atomic E-state index is 0.343. The van der Waals surface area contributed by atoms with E-state index in [2.05, 4.69) is 0 Å². The average molecular weight is 320 g/mol. The zero-order valence-corrected chi connectivity index (χ0v) is 13.4. The van der Waals surface area contributed by atoms with Crippen molar-refractivity contribution in [2.45, 2.75) is 6.10 Å². The Labute approximate surface area is 142 Å². The third kappa shape index (κ3) is 5.78. The summed E-state index contributed by atoms with van der Waals surface area (Å²) in [6, 6.07) is 29.3. The van der Waals surface area contributed by atoms with Crippen LogP contribution in [0.3, 0.4) is 0 Å². The molecule has 3 heteroatoms. The van der Waals surface area contributed by atoms with Crippen LogP contribution in [0.1, 0.15) is 0 Å². The maximum atomic E-state index is 5.58. The van der Waals surface area contributed by atoms with Crippen LogP contribution in [-0.4, -0.2) is 19.3 Å². The number of epoxide rings is 1.